The van der Waals surface area contributed by atoms with E-state index in [4.69, 9.17) is 9.84 Å². The van der Waals surface area contributed by atoms with Gasteiger partial charge in [-0.25, -0.2) is 0 Å². The monoisotopic (exact) mass is 220 g/mol. The molecule has 0 spiro atoms. The van der Waals surface area contributed by atoms with Crippen LogP contribution in [0.2, 0.25) is 0 Å². The van der Waals surface area contributed by atoms with Crippen LogP contribution in [0, 0.1) is 5.92 Å². The van der Waals surface area contributed by atoms with Gasteiger partial charge in [0.2, 0.25) is 0 Å². The minimum absolute atomic E-state index is 0.146. The fraction of sp³-hybridized carbons (Fsp3) is 0.462. The molecule has 3 heteroatoms. The van der Waals surface area contributed by atoms with Gasteiger partial charge in [-0.05, 0) is 36.5 Å². The number of benzene rings is 1. The van der Waals surface area contributed by atoms with Gasteiger partial charge in [0.25, 0.3) is 0 Å². The third-order valence-electron chi connectivity index (χ3n) is 3.36. The molecule has 1 N–H and O–H groups in total. The number of ether oxygens (including phenoxy) is 1. The highest BCUT2D eigenvalue weighted by atomic mass is 16.5. The molecule has 1 saturated carbocycles. The molecule has 0 aromatic heterocycles. The molecular formula is C13H16O3. The standard InChI is InChI=1S/C13H16O3/c1-16-10-5-2-4-9(8-10)11-6-3-7-12(11)13(14)15/h2,4-5,8,11-12H,3,6-7H2,1H3,(H,14,15). The van der Waals surface area contributed by atoms with E-state index < -0.39 is 5.97 Å². The van der Waals surface area contributed by atoms with Gasteiger partial charge in [-0.1, -0.05) is 18.6 Å². The molecule has 2 atom stereocenters. The highest BCUT2D eigenvalue weighted by molar-refractivity contribution is 5.72. The Bertz CT molecular complexity index is 387. The minimum atomic E-state index is -0.676. The lowest BCUT2D eigenvalue weighted by Crippen LogP contribution is -2.16. The number of aliphatic carboxylic acids is 1. The summed E-state index contributed by atoms with van der Waals surface area (Å²) in [7, 11) is 1.63. The maximum Gasteiger partial charge on any atom is 0.307 e. The highest BCUT2D eigenvalue weighted by Crippen LogP contribution is 2.40. The van der Waals surface area contributed by atoms with Crippen molar-refractivity contribution in [3.05, 3.63) is 29.8 Å². The second-order valence-electron chi connectivity index (χ2n) is 4.26. The summed E-state index contributed by atoms with van der Waals surface area (Å²) in [6.45, 7) is 0. The van der Waals surface area contributed by atoms with Crippen molar-refractivity contribution in [2.45, 2.75) is 25.2 Å². The molecule has 0 amide bonds. The Labute approximate surface area is 95.0 Å². The molecule has 86 valence electrons. The zero-order valence-corrected chi connectivity index (χ0v) is 9.35. The van der Waals surface area contributed by atoms with E-state index in [1.807, 2.05) is 24.3 Å². The second kappa shape index (κ2) is 4.56. The van der Waals surface area contributed by atoms with Gasteiger partial charge in [-0.3, -0.25) is 4.79 Å². The molecule has 0 saturated heterocycles. The molecule has 2 unspecified atom stereocenters. The lowest BCUT2D eigenvalue weighted by atomic mass is 9.89. The molecule has 16 heavy (non-hydrogen) atoms. The Hall–Kier alpha value is -1.51. The van der Waals surface area contributed by atoms with Crippen LogP contribution in [0.3, 0.4) is 0 Å². The number of carboxylic acid groups (broad SMARTS) is 1. The normalized spacial score (nSPS) is 24.3. The molecule has 1 fully saturated rings. The number of carboxylic acids is 1. The van der Waals surface area contributed by atoms with Crippen LogP contribution in [0.4, 0.5) is 0 Å². The summed E-state index contributed by atoms with van der Waals surface area (Å²) in [5.74, 6) is 0.0403. The summed E-state index contributed by atoms with van der Waals surface area (Å²) in [4.78, 5) is 11.1. The van der Waals surface area contributed by atoms with Gasteiger partial charge in [-0.15, -0.1) is 0 Å². The largest absolute Gasteiger partial charge is 0.497 e. The van der Waals surface area contributed by atoms with E-state index in [0.29, 0.717) is 0 Å². The molecular weight excluding hydrogens is 204 g/mol. The zero-order valence-electron chi connectivity index (χ0n) is 9.35. The van der Waals surface area contributed by atoms with Gasteiger partial charge in [0, 0.05) is 0 Å². The van der Waals surface area contributed by atoms with Crippen LogP contribution in [0.25, 0.3) is 0 Å². The van der Waals surface area contributed by atoms with E-state index in [0.717, 1.165) is 30.6 Å². The Kier molecular flexibility index (Phi) is 3.13. The van der Waals surface area contributed by atoms with Gasteiger partial charge in [0.15, 0.2) is 0 Å². The molecule has 1 aromatic rings. The van der Waals surface area contributed by atoms with Gasteiger partial charge in [-0.2, -0.15) is 0 Å². The van der Waals surface area contributed by atoms with Gasteiger partial charge in [0.05, 0.1) is 13.0 Å². The highest BCUT2D eigenvalue weighted by Gasteiger charge is 2.33. The summed E-state index contributed by atoms with van der Waals surface area (Å²) in [6, 6.07) is 7.75. The third kappa shape index (κ3) is 2.03. The third-order valence-corrected chi connectivity index (χ3v) is 3.36. The maximum absolute atomic E-state index is 11.1. The van der Waals surface area contributed by atoms with Crippen molar-refractivity contribution in [3.8, 4) is 5.75 Å². The molecule has 0 radical (unpaired) electrons. The van der Waals surface area contributed by atoms with Crippen molar-refractivity contribution in [3.63, 3.8) is 0 Å². The van der Waals surface area contributed by atoms with E-state index in [9.17, 15) is 4.79 Å². The molecule has 1 aliphatic carbocycles. The second-order valence-corrected chi connectivity index (χ2v) is 4.26. The molecule has 0 aliphatic heterocycles. The first-order chi connectivity index (χ1) is 7.72. The smallest absolute Gasteiger partial charge is 0.307 e. The van der Waals surface area contributed by atoms with Crippen molar-refractivity contribution >= 4 is 5.97 Å². The predicted molar refractivity (Wildman–Crippen MR) is 60.7 cm³/mol. The van der Waals surface area contributed by atoms with Gasteiger partial charge >= 0.3 is 5.97 Å². The van der Waals surface area contributed by atoms with E-state index in [-0.39, 0.29) is 11.8 Å². The van der Waals surface area contributed by atoms with Crippen LogP contribution in [0.1, 0.15) is 30.7 Å². The number of hydrogen-bond acceptors (Lipinski definition) is 2. The molecule has 1 aromatic carbocycles. The molecule has 2 rings (SSSR count). The van der Waals surface area contributed by atoms with Crippen LogP contribution in [0.15, 0.2) is 24.3 Å². The molecule has 3 nitrogen and oxygen atoms in total. The SMILES string of the molecule is COc1cccc(C2CCCC2C(=O)O)c1. The Morgan fingerprint density at radius 1 is 1.44 bits per heavy atom. The average Bonchev–Trinajstić information content (AvgIpc) is 2.78. The Balaban J connectivity index is 2.25. The van der Waals surface area contributed by atoms with Crippen LogP contribution in [0.5, 0.6) is 5.75 Å². The first-order valence-electron chi connectivity index (χ1n) is 5.59. The first-order valence-corrected chi connectivity index (χ1v) is 5.59. The predicted octanol–water partition coefficient (Wildman–Crippen LogP) is 2.66. The lowest BCUT2D eigenvalue weighted by Gasteiger charge is -2.16. The number of rotatable bonds is 3. The summed E-state index contributed by atoms with van der Waals surface area (Å²) < 4.78 is 5.16. The first kappa shape index (κ1) is 11.0. The summed E-state index contributed by atoms with van der Waals surface area (Å²) in [5.41, 5.74) is 1.09. The maximum atomic E-state index is 11.1. The van der Waals surface area contributed by atoms with Crippen molar-refractivity contribution in [1.82, 2.24) is 0 Å². The number of carbonyl (C=O) groups is 1. The van der Waals surface area contributed by atoms with Crippen LogP contribution in [-0.2, 0) is 4.79 Å². The van der Waals surface area contributed by atoms with Crippen LogP contribution < -0.4 is 4.74 Å². The van der Waals surface area contributed by atoms with Crippen molar-refractivity contribution in [2.24, 2.45) is 5.92 Å². The zero-order chi connectivity index (χ0) is 11.5. The lowest BCUT2D eigenvalue weighted by molar-refractivity contribution is -0.142. The Morgan fingerprint density at radius 2 is 2.25 bits per heavy atom. The summed E-state index contributed by atoms with van der Waals surface area (Å²) in [6.07, 6.45) is 2.75. The summed E-state index contributed by atoms with van der Waals surface area (Å²) >= 11 is 0. The number of methoxy groups -OCH3 is 1. The van der Waals surface area contributed by atoms with Crippen LogP contribution >= 0.6 is 0 Å². The fourth-order valence-electron chi connectivity index (χ4n) is 2.53. The molecule has 0 bridgehead atoms. The minimum Gasteiger partial charge on any atom is -0.497 e. The number of hydrogen-bond donors (Lipinski definition) is 1. The van der Waals surface area contributed by atoms with E-state index in [1.54, 1.807) is 7.11 Å². The topological polar surface area (TPSA) is 46.5 Å². The van der Waals surface area contributed by atoms with E-state index >= 15 is 0 Å². The van der Waals surface area contributed by atoms with E-state index in [2.05, 4.69) is 0 Å². The fourth-order valence-corrected chi connectivity index (χ4v) is 2.53. The van der Waals surface area contributed by atoms with Crippen LogP contribution in [-0.4, -0.2) is 18.2 Å². The van der Waals surface area contributed by atoms with Crippen molar-refractivity contribution < 1.29 is 14.6 Å². The average molecular weight is 220 g/mol. The molecule has 1 aliphatic rings. The Morgan fingerprint density at radius 3 is 2.94 bits per heavy atom. The molecule has 0 heterocycles. The van der Waals surface area contributed by atoms with Crippen molar-refractivity contribution in [2.75, 3.05) is 7.11 Å². The van der Waals surface area contributed by atoms with Gasteiger partial charge < -0.3 is 9.84 Å². The summed E-state index contributed by atoms with van der Waals surface area (Å²) in [5, 5.41) is 9.14. The van der Waals surface area contributed by atoms with Crippen molar-refractivity contribution in [1.29, 1.82) is 0 Å². The quantitative estimate of drug-likeness (QED) is 0.851. The van der Waals surface area contributed by atoms with E-state index in [1.165, 1.54) is 0 Å². The van der Waals surface area contributed by atoms with Gasteiger partial charge in [0.1, 0.15) is 5.75 Å².